The molecule has 2 heterocycles. The summed E-state index contributed by atoms with van der Waals surface area (Å²) in [5, 5.41) is 10.9. The number of benzene rings is 1. The fourth-order valence-corrected chi connectivity index (χ4v) is 2.93. The van der Waals surface area contributed by atoms with Crippen molar-refractivity contribution in [2.45, 2.75) is 13.0 Å². The number of hydrogen-bond acceptors (Lipinski definition) is 5. The molecule has 26 heavy (non-hydrogen) atoms. The van der Waals surface area contributed by atoms with Crippen molar-refractivity contribution in [2.24, 2.45) is 4.99 Å². The number of aromatic nitrogens is 4. The minimum Gasteiger partial charge on any atom is -0.494 e. The van der Waals surface area contributed by atoms with E-state index in [4.69, 9.17) is 23.8 Å². The minimum atomic E-state index is -0.505. The average Bonchev–Trinajstić information content (AvgIpc) is 3.12. The lowest BCUT2D eigenvalue weighted by atomic mass is 10.3. The lowest BCUT2D eigenvalue weighted by Gasteiger charge is -2.12. The molecule has 2 aromatic heterocycles. The Morgan fingerprint density at radius 3 is 2.92 bits per heavy atom. The lowest BCUT2D eigenvalue weighted by molar-refractivity contribution is 0.432. The van der Waals surface area contributed by atoms with Gasteiger partial charge < -0.3 is 9.67 Å². The quantitative estimate of drug-likeness (QED) is 0.385. The Balaban J connectivity index is 1.84. The molecule has 0 unspecified atom stereocenters. The second-order valence-electron chi connectivity index (χ2n) is 5.47. The van der Waals surface area contributed by atoms with Gasteiger partial charge >= 0.3 is 0 Å². The Hall–Kier alpha value is -2.71. The van der Waals surface area contributed by atoms with Crippen molar-refractivity contribution in [3.05, 3.63) is 68.7 Å². The smallest absolute Gasteiger partial charge is 0.264 e. The van der Waals surface area contributed by atoms with Crippen molar-refractivity contribution in [2.75, 3.05) is 6.54 Å². The number of rotatable bonds is 6. The molecular weight excluding hydrogens is 374 g/mol. The predicted molar refractivity (Wildman–Crippen MR) is 103 cm³/mol. The number of aryl methyl sites for hydroxylation is 1. The van der Waals surface area contributed by atoms with Gasteiger partial charge in [-0.25, -0.2) is 4.98 Å². The van der Waals surface area contributed by atoms with Crippen molar-refractivity contribution in [3.63, 3.8) is 0 Å². The van der Waals surface area contributed by atoms with Crippen molar-refractivity contribution < 1.29 is 5.11 Å². The molecule has 0 aliphatic heterocycles. The fourth-order valence-electron chi connectivity index (χ4n) is 2.43. The van der Waals surface area contributed by atoms with Gasteiger partial charge in [-0.2, -0.15) is 0 Å². The van der Waals surface area contributed by atoms with Crippen LogP contribution in [0.15, 0.2) is 52.8 Å². The van der Waals surface area contributed by atoms with Crippen LogP contribution in [0.4, 0.5) is 0 Å². The van der Waals surface area contributed by atoms with Gasteiger partial charge in [-0.3, -0.25) is 19.3 Å². The Labute approximate surface area is 159 Å². The molecule has 0 saturated carbocycles. The Kier molecular flexibility index (Phi) is 5.65. The highest BCUT2D eigenvalue weighted by molar-refractivity contribution is 7.71. The van der Waals surface area contributed by atoms with E-state index >= 15 is 0 Å². The predicted octanol–water partition coefficient (Wildman–Crippen LogP) is 2.96. The third-order valence-corrected chi connectivity index (χ3v) is 4.30. The molecule has 0 bridgehead atoms. The highest BCUT2D eigenvalue weighted by Gasteiger charge is 2.14. The van der Waals surface area contributed by atoms with Crippen LogP contribution < -0.4 is 5.56 Å². The summed E-state index contributed by atoms with van der Waals surface area (Å²) in [6, 6.07) is 6.90. The van der Waals surface area contributed by atoms with Gasteiger partial charge in [0.2, 0.25) is 5.88 Å². The van der Waals surface area contributed by atoms with E-state index in [2.05, 4.69) is 15.0 Å². The maximum absolute atomic E-state index is 12.1. The Bertz CT molecular complexity index is 1040. The third-order valence-electron chi connectivity index (χ3n) is 3.70. The largest absolute Gasteiger partial charge is 0.494 e. The van der Waals surface area contributed by atoms with Crippen LogP contribution in [-0.4, -0.2) is 37.0 Å². The maximum Gasteiger partial charge on any atom is 0.264 e. The van der Waals surface area contributed by atoms with Crippen molar-refractivity contribution >= 4 is 30.0 Å². The van der Waals surface area contributed by atoms with Crippen molar-refractivity contribution in [3.8, 4) is 11.6 Å². The van der Waals surface area contributed by atoms with Crippen molar-refractivity contribution in [1.29, 1.82) is 0 Å². The number of H-pyrrole nitrogens is 1. The minimum absolute atomic E-state index is 0.0288. The van der Waals surface area contributed by atoms with Crippen LogP contribution in [0.25, 0.3) is 5.69 Å². The highest BCUT2D eigenvalue weighted by Crippen LogP contribution is 2.25. The van der Waals surface area contributed by atoms with Crippen LogP contribution >= 0.6 is 23.8 Å². The summed E-state index contributed by atoms with van der Waals surface area (Å²) in [6.45, 7) is 1.27. The van der Waals surface area contributed by atoms with Gasteiger partial charge in [0, 0.05) is 31.7 Å². The second kappa shape index (κ2) is 8.11. The molecule has 0 radical (unpaired) electrons. The molecule has 3 rings (SSSR count). The normalized spacial score (nSPS) is 11.3. The summed E-state index contributed by atoms with van der Waals surface area (Å²) >= 11 is 11.3. The van der Waals surface area contributed by atoms with Crippen LogP contribution in [0.3, 0.4) is 0 Å². The van der Waals surface area contributed by atoms with Crippen LogP contribution in [0.2, 0.25) is 5.02 Å². The average molecular weight is 390 g/mol. The molecule has 1 aromatic carbocycles. The molecule has 0 amide bonds. The number of para-hydroxylation sites is 1. The molecule has 7 nitrogen and oxygen atoms in total. The molecule has 0 saturated heterocycles. The Morgan fingerprint density at radius 2 is 2.19 bits per heavy atom. The number of imidazole rings is 1. The number of nitrogens with one attached hydrogen (secondary N) is 1. The number of halogens is 1. The number of nitrogens with zero attached hydrogens (tertiary/aromatic N) is 4. The number of hydrogen-bond donors (Lipinski definition) is 2. The summed E-state index contributed by atoms with van der Waals surface area (Å²) in [5.74, 6) is -0.301. The SMILES string of the molecule is O=c1[nH]c(=S)n(-c2ccccc2Cl)c(O)c1C=NCCCn1ccnc1. The second-order valence-corrected chi connectivity index (χ2v) is 6.27. The zero-order chi connectivity index (χ0) is 18.5. The first-order chi connectivity index (χ1) is 12.6. The van der Waals surface area contributed by atoms with Crippen LogP contribution in [0, 0.1) is 4.77 Å². The summed E-state index contributed by atoms with van der Waals surface area (Å²) in [5.41, 5.74) is -0.00186. The van der Waals surface area contributed by atoms with Gasteiger partial charge in [-0.1, -0.05) is 23.7 Å². The van der Waals surface area contributed by atoms with E-state index in [1.165, 1.54) is 10.8 Å². The number of aromatic amines is 1. The molecular formula is C17H16ClN5O2S. The first kappa shape index (κ1) is 18.1. The molecule has 2 N–H and O–H groups in total. The van der Waals surface area contributed by atoms with Gasteiger partial charge in [-0.05, 0) is 30.8 Å². The topological polar surface area (TPSA) is 88.2 Å². The molecule has 0 atom stereocenters. The number of aliphatic imine (C=N–C) groups is 1. The molecule has 3 aromatic rings. The van der Waals surface area contributed by atoms with E-state index < -0.39 is 5.56 Å². The lowest BCUT2D eigenvalue weighted by Crippen LogP contribution is -2.18. The molecule has 134 valence electrons. The molecule has 0 aliphatic carbocycles. The van der Waals surface area contributed by atoms with Gasteiger partial charge in [-0.15, -0.1) is 0 Å². The van der Waals surface area contributed by atoms with E-state index in [1.54, 1.807) is 36.8 Å². The van der Waals surface area contributed by atoms with E-state index in [1.807, 2.05) is 10.8 Å². The molecule has 0 spiro atoms. The molecule has 0 aliphatic rings. The zero-order valence-electron chi connectivity index (χ0n) is 13.7. The standard InChI is InChI=1S/C17H16ClN5O2S/c18-13-4-1-2-5-14(13)23-16(25)12(15(24)21-17(23)26)10-19-6-3-8-22-9-7-20-11-22/h1-2,4-5,7,9-11,25H,3,6,8H2,(H,21,24,26). The Morgan fingerprint density at radius 1 is 1.38 bits per heavy atom. The summed E-state index contributed by atoms with van der Waals surface area (Å²) in [4.78, 5) is 22.9. The zero-order valence-corrected chi connectivity index (χ0v) is 15.2. The van der Waals surface area contributed by atoms with E-state index in [-0.39, 0.29) is 16.2 Å². The third kappa shape index (κ3) is 3.92. The number of aromatic hydroxyl groups is 1. The molecule has 0 fully saturated rings. The van der Waals surface area contributed by atoms with Crippen molar-refractivity contribution in [1.82, 2.24) is 19.1 Å². The van der Waals surface area contributed by atoms with Crippen LogP contribution in [0.1, 0.15) is 12.0 Å². The monoisotopic (exact) mass is 389 g/mol. The maximum atomic E-state index is 12.1. The summed E-state index contributed by atoms with van der Waals surface area (Å²) in [6.07, 6.45) is 7.44. The summed E-state index contributed by atoms with van der Waals surface area (Å²) in [7, 11) is 0. The van der Waals surface area contributed by atoms with Gasteiger partial charge in [0.05, 0.1) is 17.0 Å². The highest BCUT2D eigenvalue weighted by atomic mass is 35.5. The van der Waals surface area contributed by atoms with Gasteiger partial charge in [0.25, 0.3) is 5.56 Å². The summed E-state index contributed by atoms with van der Waals surface area (Å²) < 4.78 is 3.31. The first-order valence-electron chi connectivity index (χ1n) is 7.86. The van der Waals surface area contributed by atoms with Gasteiger partial charge in [0.1, 0.15) is 5.56 Å². The van der Waals surface area contributed by atoms with E-state index in [0.717, 1.165) is 13.0 Å². The van der Waals surface area contributed by atoms with E-state index in [9.17, 15) is 9.90 Å². The fraction of sp³-hybridized carbons (Fsp3) is 0.176. The van der Waals surface area contributed by atoms with Gasteiger partial charge in [0.15, 0.2) is 4.77 Å². The molecule has 9 heteroatoms. The first-order valence-corrected chi connectivity index (χ1v) is 8.65. The van der Waals surface area contributed by atoms with Crippen LogP contribution in [-0.2, 0) is 6.54 Å². The van der Waals surface area contributed by atoms with Crippen LogP contribution in [0.5, 0.6) is 5.88 Å². The van der Waals surface area contributed by atoms with E-state index in [0.29, 0.717) is 17.3 Å².